The first-order valence-corrected chi connectivity index (χ1v) is 14.2. The van der Waals surface area contributed by atoms with Crippen LogP contribution >= 0.6 is 0 Å². The van der Waals surface area contributed by atoms with Crippen molar-refractivity contribution in [2.24, 2.45) is 5.73 Å². The number of Topliss-reactive ketones (excluding diaryl/α,β-unsaturated/α-hetero) is 1. The highest BCUT2D eigenvalue weighted by atomic mass is 16.1. The second-order valence-corrected chi connectivity index (χ2v) is 11.0. The van der Waals surface area contributed by atoms with Crippen molar-refractivity contribution in [3.63, 3.8) is 0 Å². The van der Waals surface area contributed by atoms with E-state index in [0.717, 1.165) is 61.1 Å². The fourth-order valence-corrected chi connectivity index (χ4v) is 5.66. The zero-order chi connectivity index (χ0) is 27.5. The molecule has 1 unspecified atom stereocenters. The Morgan fingerprint density at radius 3 is 2.67 bits per heavy atom. The minimum Gasteiger partial charge on any atom is -0.366 e. The van der Waals surface area contributed by atoms with E-state index in [1.807, 2.05) is 24.3 Å². The lowest BCUT2D eigenvalue weighted by atomic mass is 9.97. The van der Waals surface area contributed by atoms with Gasteiger partial charge in [-0.1, -0.05) is 36.8 Å². The molecule has 9 heteroatoms. The lowest BCUT2D eigenvalue weighted by molar-refractivity contribution is 0.0984. The largest absolute Gasteiger partial charge is 0.366 e. The second-order valence-electron chi connectivity index (χ2n) is 11.0. The summed E-state index contributed by atoms with van der Waals surface area (Å²) in [5.74, 6) is 0.678. The molecule has 1 aliphatic heterocycles. The maximum absolute atomic E-state index is 13.0. The number of hydrogen-bond acceptors (Lipinski definition) is 7. The molecular weight excluding hydrogens is 502 g/mol. The number of likely N-dealkylation sites (tertiary alicyclic amines) is 1. The molecule has 0 bridgehead atoms. The average molecular weight is 538 g/mol. The number of piperidine rings is 1. The van der Waals surface area contributed by atoms with Crippen molar-refractivity contribution < 1.29 is 9.59 Å². The maximum Gasteiger partial charge on any atom is 0.250 e. The van der Waals surface area contributed by atoms with Crippen molar-refractivity contribution in [2.45, 2.75) is 56.9 Å². The first-order valence-electron chi connectivity index (χ1n) is 14.2. The zero-order valence-electron chi connectivity index (χ0n) is 22.6. The van der Waals surface area contributed by atoms with Crippen LogP contribution in [0.15, 0.2) is 54.9 Å². The van der Waals surface area contributed by atoms with E-state index in [1.54, 1.807) is 12.1 Å². The summed E-state index contributed by atoms with van der Waals surface area (Å²) in [4.78, 5) is 36.5. The van der Waals surface area contributed by atoms with E-state index in [-0.39, 0.29) is 11.8 Å². The van der Waals surface area contributed by atoms with Gasteiger partial charge >= 0.3 is 0 Å². The van der Waals surface area contributed by atoms with Crippen LogP contribution in [0.2, 0.25) is 0 Å². The van der Waals surface area contributed by atoms with Gasteiger partial charge in [-0.05, 0) is 74.5 Å². The van der Waals surface area contributed by atoms with Crippen LogP contribution in [-0.4, -0.2) is 56.4 Å². The van der Waals surface area contributed by atoms with Crippen LogP contribution < -0.4 is 11.1 Å². The number of carbonyl (C=O) groups is 2. The molecule has 206 valence electrons. The molecule has 1 aliphatic carbocycles. The summed E-state index contributed by atoms with van der Waals surface area (Å²) in [7, 11) is 0. The number of rotatable bonds is 11. The molecule has 1 saturated carbocycles. The van der Waals surface area contributed by atoms with Gasteiger partial charge in [0.25, 0.3) is 5.91 Å². The van der Waals surface area contributed by atoms with E-state index in [1.165, 1.54) is 25.6 Å². The Bertz CT molecular complexity index is 1520. The van der Waals surface area contributed by atoms with Gasteiger partial charge in [0.2, 0.25) is 0 Å². The molecule has 1 saturated heterocycles. The molecule has 4 aromatic rings. The smallest absolute Gasteiger partial charge is 0.250 e. The Morgan fingerprint density at radius 2 is 1.88 bits per heavy atom. The third-order valence-electron chi connectivity index (χ3n) is 8.04. The Kier molecular flexibility index (Phi) is 7.55. The number of hydrogen-bond donors (Lipinski definition) is 3. The predicted octanol–water partition coefficient (Wildman–Crippen LogP) is 4.78. The van der Waals surface area contributed by atoms with Crippen molar-refractivity contribution in [1.29, 1.82) is 0 Å². The molecule has 9 nitrogen and oxygen atoms in total. The number of anilines is 1. The summed E-state index contributed by atoms with van der Waals surface area (Å²) in [6, 6.07) is 15.5. The number of para-hydroxylation sites is 1. The summed E-state index contributed by atoms with van der Waals surface area (Å²) in [5, 5.41) is 11.7. The summed E-state index contributed by atoms with van der Waals surface area (Å²) in [6.45, 7) is 3.19. The zero-order valence-corrected chi connectivity index (χ0v) is 22.6. The topological polar surface area (TPSA) is 130 Å². The maximum atomic E-state index is 13.0. The molecule has 40 heavy (non-hydrogen) atoms. The van der Waals surface area contributed by atoms with Gasteiger partial charge in [-0.2, -0.15) is 5.10 Å². The number of primary amides is 1. The SMILES string of the molecule is NC(=O)c1cccc2c(NC(CCN3CCCCC3)c3cccc(CC(=O)c4cc(C5CC5)[nH]n4)c3)ncnc12. The molecule has 1 amide bonds. The standard InChI is InChI=1S/C31H35N7O2/c32-30(40)23-8-5-9-24-29(23)33-19-34-31(24)35-25(12-15-38-13-2-1-3-14-38)22-7-4-6-20(16-22)17-28(39)27-18-26(36-37-27)21-10-11-21/h4-9,16,18-19,21,25H,1-3,10-15,17H2,(H2,32,40)(H,36,37)(H,33,34,35). The van der Waals surface area contributed by atoms with Crippen molar-refractivity contribution in [2.75, 3.05) is 25.0 Å². The van der Waals surface area contributed by atoms with Crippen LogP contribution in [0.5, 0.6) is 0 Å². The summed E-state index contributed by atoms with van der Waals surface area (Å²) in [6.07, 6.45) is 8.71. The van der Waals surface area contributed by atoms with Gasteiger partial charge in [0, 0.05) is 30.0 Å². The Labute approximate surface area is 233 Å². The average Bonchev–Trinajstić information content (AvgIpc) is 3.71. The number of nitrogens with one attached hydrogen (secondary N) is 2. The second kappa shape index (κ2) is 11.6. The quantitative estimate of drug-likeness (QED) is 0.235. The van der Waals surface area contributed by atoms with Gasteiger partial charge in [0.05, 0.1) is 17.1 Å². The molecule has 0 radical (unpaired) electrons. The van der Waals surface area contributed by atoms with Crippen molar-refractivity contribution in [1.82, 2.24) is 25.1 Å². The molecule has 2 fully saturated rings. The highest BCUT2D eigenvalue weighted by molar-refractivity contribution is 6.06. The molecule has 2 aromatic carbocycles. The highest BCUT2D eigenvalue weighted by Gasteiger charge is 2.26. The van der Waals surface area contributed by atoms with Crippen molar-refractivity contribution in [3.8, 4) is 0 Å². The molecule has 2 aromatic heterocycles. The number of fused-ring (bicyclic) bond motifs is 1. The molecule has 0 spiro atoms. The molecule has 4 N–H and O–H groups in total. The third-order valence-corrected chi connectivity index (χ3v) is 8.04. The van der Waals surface area contributed by atoms with E-state index >= 15 is 0 Å². The van der Waals surface area contributed by atoms with Crippen LogP contribution in [0.25, 0.3) is 10.9 Å². The fraction of sp³-hybridized carbons (Fsp3) is 0.387. The molecule has 6 rings (SSSR count). The summed E-state index contributed by atoms with van der Waals surface area (Å²) in [5.41, 5.74) is 10.1. The van der Waals surface area contributed by atoms with Crippen LogP contribution in [0, 0.1) is 0 Å². The van der Waals surface area contributed by atoms with Crippen molar-refractivity contribution in [3.05, 3.63) is 82.9 Å². The van der Waals surface area contributed by atoms with Gasteiger partial charge in [-0.25, -0.2) is 9.97 Å². The minimum atomic E-state index is -0.518. The monoisotopic (exact) mass is 537 g/mol. The van der Waals surface area contributed by atoms with Gasteiger partial charge in [0.1, 0.15) is 17.8 Å². The van der Waals surface area contributed by atoms with Crippen molar-refractivity contribution >= 4 is 28.4 Å². The minimum absolute atomic E-state index is 0.0129. The predicted molar refractivity (Wildman–Crippen MR) is 154 cm³/mol. The Hall–Kier alpha value is -4.11. The number of carbonyl (C=O) groups excluding carboxylic acids is 2. The number of aromatic amines is 1. The van der Waals surface area contributed by atoms with Crippen LogP contribution in [-0.2, 0) is 6.42 Å². The summed E-state index contributed by atoms with van der Waals surface area (Å²) < 4.78 is 0. The number of benzene rings is 2. The number of amides is 1. The number of ketones is 1. The number of nitrogens with zero attached hydrogens (tertiary/aromatic N) is 4. The summed E-state index contributed by atoms with van der Waals surface area (Å²) >= 11 is 0. The molecular formula is C31H35N7O2. The van der Waals surface area contributed by atoms with Gasteiger partial charge in [-0.3, -0.25) is 14.7 Å². The Morgan fingerprint density at radius 1 is 1.05 bits per heavy atom. The first-order chi connectivity index (χ1) is 19.5. The number of H-pyrrole nitrogens is 1. The van der Waals surface area contributed by atoms with Crippen LogP contribution in [0.4, 0.5) is 5.82 Å². The fourth-order valence-electron chi connectivity index (χ4n) is 5.66. The van der Waals surface area contributed by atoms with Gasteiger partial charge in [0.15, 0.2) is 5.78 Å². The van der Waals surface area contributed by atoms with E-state index < -0.39 is 5.91 Å². The van der Waals surface area contributed by atoms with Crippen LogP contribution in [0.3, 0.4) is 0 Å². The van der Waals surface area contributed by atoms with Gasteiger partial charge < -0.3 is 16.0 Å². The van der Waals surface area contributed by atoms with Gasteiger partial charge in [-0.15, -0.1) is 0 Å². The normalized spacial score (nSPS) is 16.6. The highest BCUT2D eigenvalue weighted by Crippen LogP contribution is 2.39. The number of nitrogens with two attached hydrogens (primary N) is 1. The van der Waals surface area contributed by atoms with E-state index in [4.69, 9.17) is 5.73 Å². The molecule has 2 aliphatic rings. The van der Waals surface area contributed by atoms with E-state index in [2.05, 4.69) is 42.5 Å². The first kappa shape index (κ1) is 26.1. The van der Waals surface area contributed by atoms with E-state index in [9.17, 15) is 9.59 Å². The molecule has 1 atom stereocenters. The lowest BCUT2D eigenvalue weighted by Gasteiger charge is -2.29. The van der Waals surface area contributed by atoms with Crippen LogP contribution in [0.1, 0.15) is 88.2 Å². The van der Waals surface area contributed by atoms with E-state index in [0.29, 0.717) is 34.9 Å². The molecule has 3 heterocycles. The third kappa shape index (κ3) is 5.89. The lowest BCUT2D eigenvalue weighted by Crippen LogP contribution is -2.32. The Balaban J connectivity index is 1.26. The number of aromatic nitrogens is 4.